The Bertz CT molecular complexity index is 1810. The number of ether oxygens (including phenoxy) is 6. The molecule has 1 saturated carbocycles. The number of nitrogens with zero attached hydrogens (tertiary/aromatic N) is 1. The summed E-state index contributed by atoms with van der Waals surface area (Å²) in [4.78, 5) is 72.2. The zero-order valence-corrected chi connectivity index (χ0v) is 42.4. The van der Waals surface area contributed by atoms with Crippen molar-refractivity contribution in [2.75, 3.05) is 41.1 Å². The maximum Gasteiger partial charge on any atom is 0.329 e. The molecule has 0 aromatic rings. The molecule has 2 saturated heterocycles. The molecule has 4 aliphatic rings. The molecule has 1 amide bonds. The number of hydrogen-bond donors (Lipinski definition) is 3. The smallest absolute Gasteiger partial charge is 0.329 e. The lowest BCUT2D eigenvalue weighted by Gasteiger charge is -2.43. The Balaban J connectivity index is 1.72. The van der Waals surface area contributed by atoms with E-state index in [-0.39, 0.29) is 67.8 Å². The normalized spacial score (nSPS) is 36.7. The summed E-state index contributed by atoms with van der Waals surface area (Å²) in [7, 11) is 4.52. The van der Waals surface area contributed by atoms with Crippen molar-refractivity contribution in [2.45, 2.75) is 180 Å². The molecule has 3 heterocycles. The number of cyclic esters (lactones) is 1. The molecule has 384 valence electrons. The van der Waals surface area contributed by atoms with Crippen LogP contribution >= 0.6 is 0 Å². The minimum absolute atomic E-state index is 0.00394. The standard InChI is InChI=1S/C53H83NO14/c1-32-16-12-11-13-17-33(2)44(66-25-24-63-8)30-40-21-19-38(7)53(62,68-40)50(59)51(60)54-23-15-14-18-41(54)52(61)67-45(35(4)28-39-20-22-42(55)46(29-39)64-9)31-43(56)34(3)27-37(6)48(58)49(65-10)47(57)36(5)26-32/h11-13,16-17,27,32,34-36,38-42,44-46,48-49,55,58,62H,14-15,18-26,28-31H2,1-10H3/t32-,34-,35-,36-,38-,39+,40+,41+,42-,44+,45+,46-,48-,49+,53-/m1/s1. The third-order valence-corrected chi connectivity index (χ3v) is 14.8. The van der Waals surface area contributed by atoms with Gasteiger partial charge < -0.3 is 48.6 Å². The fourth-order valence-electron chi connectivity index (χ4n) is 10.3. The number of amides is 1. The van der Waals surface area contributed by atoms with Crippen LogP contribution in [0.5, 0.6) is 0 Å². The van der Waals surface area contributed by atoms with Gasteiger partial charge in [-0.2, -0.15) is 0 Å². The molecule has 3 fully saturated rings. The number of hydrogen-bond acceptors (Lipinski definition) is 14. The summed E-state index contributed by atoms with van der Waals surface area (Å²) in [6.45, 7) is 13.4. The zero-order chi connectivity index (χ0) is 50.3. The first-order valence-corrected chi connectivity index (χ1v) is 25.0. The van der Waals surface area contributed by atoms with Crippen LogP contribution in [-0.4, -0.2) is 145 Å². The molecule has 15 heteroatoms. The number of carbonyl (C=O) groups is 5. The van der Waals surface area contributed by atoms with E-state index in [1.807, 2.05) is 58.1 Å². The highest BCUT2D eigenvalue weighted by atomic mass is 16.6. The highest BCUT2D eigenvalue weighted by molar-refractivity contribution is 6.39. The molecule has 3 aliphatic heterocycles. The van der Waals surface area contributed by atoms with E-state index in [0.29, 0.717) is 63.5 Å². The van der Waals surface area contributed by atoms with E-state index in [0.717, 1.165) is 12.0 Å². The summed E-state index contributed by atoms with van der Waals surface area (Å²) in [6, 6.07) is -1.15. The van der Waals surface area contributed by atoms with Crippen molar-refractivity contribution in [1.29, 1.82) is 0 Å². The van der Waals surface area contributed by atoms with Crippen LogP contribution in [0, 0.1) is 35.5 Å². The first-order chi connectivity index (χ1) is 32.2. The van der Waals surface area contributed by atoms with Crippen LogP contribution < -0.4 is 0 Å². The molecule has 0 spiro atoms. The van der Waals surface area contributed by atoms with Crippen LogP contribution in [0.25, 0.3) is 0 Å². The second-order valence-electron chi connectivity index (χ2n) is 20.2. The third-order valence-electron chi connectivity index (χ3n) is 14.8. The summed E-state index contributed by atoms with van der Waals surface area (Å²) in [5, 5.41) is 34.0. The average molecular weight is 958 g/mol. The number of piperidine rings is 1. The third kappa shape index (κ3) is 15.5. The molecule has 0 unspecified atom stereocenters. The molecule has 0 aromatic carbocycles. The van der Waals surface area contributed by atoms with Gasteiger partial charge in [0, 0.05) is 58.5 Å². The maximum atomic E-state index is 14.4. The summed E-state index contributed by atoms with van der Waals surface area (Å²) >= 11 is 0. The van der Waals surface area contributed by atoms with Gasteiger partial charge in [-0.05, 0) is 107 Å². The molecule has 15 atom stereocenters. The lowest BCUT2D eigenvalue weighted by molar-refractivity contribution is -0.266. The van der Waals surface area contributed by atoms with Gasteiger partial charge in [0.2, 0.25) is 5.79 Å². The summed E-state index contributed by atoms with van der Waals surface area (Å²) in [6.07, 6.45) is 10.9. The minimum Gasteiger partial charge on any atom is -0.460 e. The Morgan fingerprint density at radius 1 is 0.853 bits per heavy atom. The number of methoxy groups -OCH3 is 3. The second kappa shape index (κ2) is 27.3. The monoisotopic (exact) mass is 958 g/mol. The van der Waals surface area contributed by atoms with Crippen molar-refractivity contribution in [3.05, 3.63) is 47.6 Å². The number of rotatable bonds is 9. The van der Waals surface area contributed by atoms with Crippen molar-refractivity contribution < 1.29 is 67.7 Å². The highest BCUT2D eigenvalue weighted by Crippen LogP contribution is 2.38. The van der Waals surface area contributed by atoms with E-state index in [1.54, 1.807) is 41.1 Å². The lowest BCUT2D eigenvalue weighted by Crippen LogP contribution is -2.61. The molecule has 2 bridgehead atoms. The van der Waals surface area contributed by atoms with Crippen LogP contribution in [0.1, 0.15) is 126 Å². The Kier molecular flexibility index (Phi) is 22.9. The number of aliphatic hydroxyl groups excluding tert-OH is 2. The predicted octanol–water partition coefficient (Wildman–Crippen LogP) is 6.20. The fourth-order valence-corrected chi connectivity index (χ4v) is 10.3. The van der Waals surface area contributed by atoms with E-state index in [2.05, 4.69) is 0 Å². The van der Waals surface area contributed by atoms with Crippen molar-refractivity contribution >= 4 is 29.2 Å². The summed E-state index contributed by atoms with van der Waals surface area (Å²) in [5.74, 6) is -8.09. The first kappa shape index (κ1) is 57.2. The quantitative estimate of drug-likeness (QED) is 0.102. The number of Topliss-reactive ketones (excluding diaryl/α,β-unsaturated/α-hetero) is 3. The number of carbonyl (C=O) groups excluding carboxylic acids is 5. The predicted molar refractivity (Wildman–Crippen MR) is 256 cm³/mol. The molecular formula is C53H83NO14. The number of ketones is 3. The van der Waals surface area contributed by atoms with Crippen LogP contribution in [0.3, 0.4) is 0 Å². The lowest BCUT2D eigenvalue weighted by atomic mass is 9.78. The van der Waals surface area contributed by atoms with Gasteiger partial charge in [-0.15, -0.1) is 0 Å². The first-order valence-electron chi connectivity index (χ1n) is 25.0. The molecule has 4 rings (SSSR count). The SMILES string of the molecule is COCCO[C@H]1C[C@@H]2CC[C@@H](C)[C@@](O)(O2)C(=O)C(=O)N2CCCC[C@H]2C(=O)O[C@H]([C@H](C)C[C@@H]2CC[C@@H](O)[C@H](OC)C2)CC(=O)[C@H](C)C=C(C)[C@@H](O)[C@@H](OC)C(=O)[C@H](C)C[C@H](C)C=CC=CC=C1C. The largest absolute Gasteiger partial charge is 0.460 e. The maximum absolute atomic E-state index is 14.4. The van der Waals surface area contributed by atoms with Crippen molar-refractivity contribution in [2.24, 2.45) is 35.5 Å². The molecule has 15 nitrogen and oxygen atoms in total. The number of esters is 1. The van der Waals surface area contributed by atoms with Crippen molar-refractivity contribution in [1.82, 2.24) is 4.90 Å². The van der Waals surface area contributed by atoms with E-state index in [9.17, 15) is 39.3 Å². The zero-order valence-electron chi connectivity index (χ0n) is 42.4. The van der Waals surface area contributed by atoms with Gasteiger partial charge in [-0.1, -0.05) is 71.1 Å². The Morgan fingerprint density at radius 3 is 2.28 bits per heavy atom. The Morgan fingerprint density at radius 2 is 1.59 bits per heavy atom. The van der Waals surface area contributed by atoms with Gasteiger partial charge in [0.05, 0.1) is 37.6 Å². The number of allylic oxidation sites excluding steroid dienone is 6. The van der Waals surface area contributed by atoms with Crippen LogP contribution in [-0.2, 0) is 52.4 Å². The van der Waals surface area contributed by atoms with Gasteiger partial charge in [-0.25, -0.2) is 4.79 Å². The van der Waals surface area contributed by atoms with Crippen molar-refractivity contribution in [3.8, 4) is 0 Å². The van der Waals surface area contributed by atoms with Gasteiger partial charge in [0.15, 0.2) is 5.78 Å². The van der Waals surface area contributed by atoms with Crippen molar-refractivity contribution in [3.63, 3.8) is 0 Å². The van der Waals surface area contributed by atoms with E-state index in [1.165, 1.54) is 12.0 Å². The molecule has 68 heavy (non-hydrogen) atoms. The topological polar surface area (TPSA) is 205 Å². The molecular weight excluding hydrogens is 875 g/mol. The van der Waals surface area contributed by atoms with E-state index in [4.69, 9.17) is 28.4 Å². The summed E-state index contributed by atoms with van der Waals surface area (Å²) in [5.41, 5.74) is 1.24. The van der Waals surface area contributed by atoms with Crippen LogP contribution in [0.4, 0.5) is 0 Å². The summed E-state index contributed by atoms with van der Waals surface area (Å²) < 4.78 is 35.1. The fraction of sp³-hybridized carbons (Fsp3) is 0.755. The second-order valence-corrected chi connectivity index (χ2v) is 20.2. The number of fused-ring (bicyclic) bond motifs is 3. The molecule has 1 aliphatic carbocycles. The van der Waals surface area contributed by atoms with Crippen LogP contribution in [0.15, 0.2) is 47.6 Å². The van der Waals surface area contributed by atoms with Gasteiger partial charge >= 0.3 is 5.97 Å². The Labute approximate surface area is 405 Å². The van der Waals surface area contributed by atoms with E-state index >= 15 is 0 Å². The molecule has 3 N–H and O–H groups in total. The molecule has 0 aromatic heterocycles. The Hall–Kier alpha value is -3.41. The van der Waals surface area contributed by atoms with E-state index < -0.39 is 83.9 Å². The number of aliphatic hydroxyl groups is 3. The molecule has 0 radical (unpaired) electrons. The van der Waals surface area contributed by atoms with Crippen LogP contribution in [0.2, 0.25) is 0 Å². The van der Waals surface area contributed by atoms with Gasteiger partial charge in [0.1, 0.15) is 30.1 Å². The average Bonchev–Trinajstić information content (AvgIpc) is 3.31. The van der Waals surface area contributed by atoms with Gasteiger partial charge in [-0.3, -0.25) is 19.2 Å². The van der Waals surface area contributed by atoms with Gasteiger partial charge in [0.25, 0.3) is 11.7 Å². The highest BCUT2D eigenvalue weighted by Gasteiger charge is 2.53. The minimum atomic E-state index is -2.46.